The third-order valence-electron chi connectivity index (χ3n) is 10.6. The number of nitrogens with one attached hydrogen (secondary N) is 1. The highest BCUT2D eigenvalue weighted by Crippen LogP contribution is 2.51. The van der Waals surface area contributed by atoms with Gasteiger partial charge in [0.15, 0.2) is 11.5 Å². The molecule has 7 rings (SSSR count). The van der Waals surface area contributed by atoms with E-state index in [2.05, 4.69) is 16.0 Å². The molecule has 1 saturated carbocycles. The SMILES string of the molecule is COC(=O)[C@H]1[C@H]2C[C@@H]3c4[nH]c5cc(OC)ccc5c4CCN3C[C@H]2C[C@@H](OC(=O)c2cc(OC)c(OC)c(OC)c2)[C@@H]1OC.Oc1cccc(O)c1. The second-order valence-corrected chi connectivity index (χ2v) is 13.2. The fourth-order valence-electron chi connectivity index (χ4n) is 8.26. The molecule has 1 aromatic heterocycles. The number of carbonyl (C=O) groups excluding carboxylic acids is 2. The lowest BCUT2D eigenvalue weighted by Gasteiger charge is -2.52. The number of aromatic nitrogens is 1. The molecule has 4 aromatic rings. The molecule has 2 aliphatic heterocycles. The van der Waals surface area contributed by atoms with Crippen LogP contribution in [-0.4, -0.2) is 100.0 Å². The predicted molar refractivity (Wildman–Crippen MR) is 190 cm³/mol. The Labute approximate surface area is 302 Å². The lowest BCUT2D eigenvalue weighted by molar-refractivity contribution is -0.176. The molecule has 13 heteroatoms. The van der Waals surface area contributed by atoms with Crippen LogP contribution in [0.1, 0.15) is 40.5 Å². The third kappa shape index (κ3) is 7.02. The molecule has 1 saturated heterocycles. The summed E-state index contributed by atoms with van der Waals surface area (Å²) >= 11 is 0. The standard InChI is InChI=1S/C33H40N2O9.C6H6O2/c1-38-19-7-8-20-21-9-10-35-16-18-13-27(44-32(36)17-11-25(39-2)30(41-4)26(12-17)40-3)31(42-5)28(33(37)43-6)22(18)15-24(35)29(21)34-23(20)14-19;7-5-2-1-3-6(8)4-5/h7-8,11-12,14,18,22,24,27-28,31,34H,9-10,13,15-16H2,1-6H3;1-4,7-8H/t18-,22+,24-,27-,28+,31+;/m1./s1. The van der Waals surface area contributed by atoms with Gasteiger partial charge >= 0.3 is 11.9 Å². The molecule has 0 amide bonds. The van der Waals surface area contributed by atoms with Crippen molar-refractivity contribution in [3.05, 3.63) is 71.4 Å². The number of esters is 2. The summed E-state index contributed by atoms with van der Waals surface area (Å²) in [6.07, 6.45) is 0.920. The third-order valence-corrected chi connectivity index (χ3v) is 10.6. The number of phenols is 2. The number of aromatic amines is 1. The number of nitrogens with zero attached hydrogens (tertiary/aromatic N) is 1. The van der Waals surface area contributed by atoms with Crippen LogP contribution >= 0.6 is 0 Å². The van der Waals surface area contributed by atoms with Gasteiger partial charge in [-0.1, -0.05) is 6.07 Å². The number of benzene rings is 3. The van der Waals surface area contributed by atoms with Crippen molar-refractivity contribution in [2.75, 3.05) is 55.7 Å². The fourth-order valence-corrected chi connectivity index (χ4v) is 8.26. The largest absolute Gasteiger partial charge is 0.508 e. The zero-order valence-electron chi connectivity index (χ0n) is 30.2. The Morgan fingerprint density at radius 1 is 0.846 bits per heavy atom. The Morgan fingerprint density at radius 3 is 2.13 bits per heavy atom. The molecule has 278 valence electrons. The molecular weight excluding hydrogens is 672 g/mol. The van der Waals surface area contributed by atoms with Crippen molar-refractivity contribution >= 4 is 22.8 Å². The number of aromatic hydroxyl groups is 2. The highest BCUT2D eigenvalue weighted by Gasteiger charge is 2.54. The van der Waals surface area contributed by atoms with E-state index in [9.17, 15) is 9.59 Å². The van der Waals surface area contributed by atoms with E-state index >= 15 is 0 Å². The van der Waals surface area contributed by atoms with Crippen LogP contribution < -0.4 is 18.9 Å². The van der Waals surface area contributed by atoms with Crippen LogP contribution in [0.25, 0.3) is 10.9 Å². The van der Waals surface area contributed by atoms with Crippen LogP contribution in [0.4, 0.5) is 0 Å². The molecule has 6 atom stereocenters. The number of ether oxygens (including phenoxy) is 7. The van der Waals surface area contributed by atoms with Crippen molar-refractivity contribution in [2.24, 2.45) is 17.8 Å². The maximum Gasteiger partial charge on any atom is 0.338 e. The van der Waals surface area contributed by atoms with Gasteiger partial charge in [0.25, 0.3) is 0 Å². The zero-order valence-corrected chi connectivity index (χ0v) is 30.2. The van der Waals surface area contributed by atoms with Gasteiger partial charge in [0.1, 0.15) is 29.5 Å². The summed E-state index contributed by atoms with van der Waals surface area (Å²) in [6, 6.07) is 15.2. The summed E-state index contributed by atoms with van der Waals surface area (Å²) in [4.78, 5) is 33.1. The number of carbonyl (C=O) groups is 2. The fraction of sp³-hybridized carbons (Fsp3) is 0.436. The molecule has 0 unspecified atom stereocenters. The molecule has 1 aliphatic carbocycles. The summed E-state index contributed by atoms with van der Waals surface area (Å²) in [7, 11) is 9.10. The van der Waals surface area contributed by atoms with Crippen LogP contribution in [0.3, 0.4) is 0 Å². The monoisotopic (exact) mass is 718 g/mol. The molecule has 3 aromatic carbocycles. The molecule has 0 spiro atoms. The summed E-state index contributed by atoms with van der Waals surface area (Å²) < 4.78 is 39.1. The van der Waals surface area contributed by atoms with Crippen LogP contribution in [0.5, 0.6) is 34.5 Å². The molecule has 13 nitrogen and oxygen atoms in total. The number of fused-ring (bicyclic) bond motifs is 6. The molecule has 0 radical (unpaired) electrons. The van der Waals surface area contributed by atoms with Gasteiger partial charge in [0.2, 0.25) is 5.75 Å². The maximum atomic E-state index is 13.5. The average Bonchev–Trinajstić information content (AvgIpc) is 3.54. The smallest absolute Gasteiger partial charge is 0.338 e. The van der Waals surface area contributed by atoms with Gasteiger partial charge in [-0.3, -0.25) is 9.69 Å². The Kier molecular flexibility index (Phi) is 11.0. The summed E-state index contributed by atoms with van der Waals surface area (Å²) in [5.41, 5.74) is 3.83. The van der Waals surface area contributed by atoms with E-state index < -0.39 is 24.1 Å². The second-order valence-electron chi connectivity index (χ2n) is 13.2. The maximum absolute atomic E-state index is 13.5. The quantitative estimate of drug-likeness (QED) is 0.203. The Balaban J connectivity index is 0.000000514. The summed E-state index contributed by atoms with van der Waals surface area (Å²) in [5.74, 6) is 0.617. The van der Waals surface area contributed by atoms with Crippen molar-refractivity contribution < 1.29 is 53.0 Å². The number of H-pyrrole nitrogens is 1. The minimum Gasteiger partial charge on any atom is -0.508 e. The lowest BCUT2D eigenvalue weighted by Crippen LogP contribution is -2.58. The highest BCUT2D eigenvalue weighted by molar-refractivity contribution is 5.91. The molecule has 0 bridgehead atoms. The minimum atomic E-state index is -0.670. The summed E-state index contributed by atoms with van der Waals surface area (Å²) in [6.45, 7) is 1.68. The number of piperidine rings is 1. The Bertz CT molecular complexity index is 1870. The van der Waals surface area contributed by atoms with Gasteiger partial charge in [0.05, 0.1) is 53.1 Å². The number of methoxy groups -OCH3 is 6. The average molecular weight is 719 g/mol. The van der Waals surface area contributed by atoms with Gasteiger partial charge < -0.3 is 48.4 Å². The van der Waals surface area contributed by atoms with Gasteiger partial charge in [-0.25, -0.2) is 4.79 Å². The molecule has 3 N–H and O–H groups in total. The van der Waals surface area contributed by atoms with Gasteiger partial charge in [0, 0.05) is 48.9 Å². The van der Waals surface area contributed by atoms with Crippen LogP contribution in [-0.2, 0) is 25.4 Å². The van der Waals surface area contributed by atoms with E-state index in [0.29, 0.717) is 23.7 Å². The van der Waals surface area contributed by atoms with E-state index in [4.69, 9.17) is 43.4 Å². The van der Waals surface area contributed by atoms with Crippen molar-refractivity contribution in [1.82, 2.24) is 9.88 Å². The van der Waals surface area contributed by atoms with E-state index in [1.54, 1.807) is 32.4 Å². The summed E-state index contributed by atoms with van der Waals surface area (Å²) in [5, 5.41) is 18.5. The first-order valence-electron chi connectivity index (χ1n) is 17.2. The number of hydrogen-bond acceptors (Lipinski definition) is 12. The van der Waals surface area contributed by atoms with Gasteiger partial charge in [-0.05, 0) is 73.1 Å². The lowest BCUT2D eigenvalue weighted by atomic mass is 9.63. The molecular formula is C39H46N2O11. The van der Waals surface area contributed by atoms with Gasteiger partial charge in [-0.15, -0.1) is 0 Å². The van der Waals surface area contributed by atoms with E-state index in [-0.39, 0.29) is 40.9 Å². The number of rotatable bonds is 8. The van der Waals surface area contributed by atoms with Crippen molar-refractivity contribution in [2.45, 2.75) is 37.5 Å². The van der Waals surface area contributed by atoms with Crippen LogP contribution in [0.2, 0.25) is 0 Å². The first-order chi connectivity index (χ1) is 25.1. The molecule has 3 heterocycles. The van der Waals surface area contributed by atoms with Crippen molar-refractivity contribution in [3.63, 3.8) is 0 Å². The minimum absolute atomic E-state index is 0.0170. The van der Waals surface area contributed by atoms with E-state index in [1.165, 1.54) is 63.3 Å². The second kappa shape index (κ2) is 15.6. The normalized spacial score (nSPS) is 23.5. The number of phenolic OH excluding ortho intramolecular Hbond substituents is 2. The Morgan fingerprint density at radius 2 is 1.56 bits per heavy atom. The first kappa shape index (κ1) is 36.6. The molecule has 2 fully saturated rings. The Hall–Kier alpha value is -5.14. The van der Waals surface area contributed by atoms with Crippen molar-refractivity contribution in [3.8, 4) is 34.5 Å². The predicted octanol–water partition coefficient (Wildman–Crippen LogP) is 5.27. The van der Waals surface area contributed by atoms with E-state index in [1.807, 2.05) is 12.1 Å². The zero-order chi connectivity index (χ0) is 37.1. The first-order valence-corrected chi connectivity index (χ1v) is 17.2. The molecule has 52 heavy (non-hydrogen) atoms. The van der Waals surface area contributed by atoms with Crippen molar-refractivity contribution in [1.29, 1.82) is 0 Å². The highest BCUT2D eigenvalue weighted by atomic mass is 16.6. The van der Waals surface area contributed by atoms with Crippen LogP contribution in [0, 0.1) is 17.8 Å². The van der Waals surface area contributed by atoms with Gasteiger partial charge in [-0.2, -0.15) is 0 Å². The topological polar surface area (TPSA) is 158 Å². The molecule has 3 aliphatic rings. The van der Waals surface area contributed by atoms with Crippen LogP contribution in [0.15, 0.2) is 54.6 Å². The number of hydrogen-bond donors (Lipinski definition) is 3. The van der Waals surface area contributed by atoms with E-state index in [0.717, 1.165) is 37.2 Å².